The Hall–Kier alpha value is -3.02. The number of carbonyl (C=O) groups excluding carboxylic acids is 1. The number of nitrogen functional groups attached to an aromatic ring is 1. The predicted molar refractivity (Wildman–Crippen MR) is 102 cm³/mol. The fraction of sp³-hybridized carbons (Fsp3) is 0.300. The molecule has 0 fully saturated rings. The van der Waals surface area contributed by atoms with Gasteiger partial charge in [-0.15, -0.1) is 0 Å². The number of hydrogen-bond acceptors (Lipinski definition) is 5. The Morgan fingerprint density at radius 3 is 2.58 bits per heavy atom. The van der Waals surface area contributed by atoms with Crippen LogP contribution in [0, 0.1) is 12.8 Å². The van der Waals surface area contributed by atoms with Gasteiger partial charge in [-0.05, 0) is 49.2 Å². The van der Waals surface area contributed by atoms with Crippen molar-refractivity contribution in [3.05, 3.63) is 47.8 Å². The molecule has 0 aliphatic rings. The fourth-order valence-electron chi connectivity index (χ4n) is 3.16. The molecule has 0 amide bonds. The van der Waals surface area contributed by atoms with E-state index in [9.17, 15) is 4.79 Å². The Labute approximate surface area is 152 Å². The summed E-state index contributed by atoms with van der Waals surface area (Å²) in [6.45, 7) is 3.75. The highest BCUT2D eigenvalue weighted by Crippen LogP contribution is 2.29. The van der Waals surface area contributed by atoms with Crippen molar-refractivity contribution in [1.82, 2.24) is 9.55 Å². The van der Waals surface area contributed by atoms with Crippen molar-refractivity contribution in [2.75, 3.05) is 20.0 Å². The topological polar surface area (TPSA) is 79.4 Å². The molecule has 1 atom stereocenters. The number of nitrogens with zero attached hydrogens (tertiary/aromatic N) is 2. The lowest BCUT2D eigenvalue weighted by atomic mass is 9.99. The van der Waals surface area contributed by atoms with Crippen LogP contribution in [0.2, 0.25) is 0 Å². The van der Waals surface area contributed by atoms with E-state index >= 15 is 0 Å². The van der Waals surface area contributed by atoms with Crippen LogP contribution in [-0.4, -0.2) is 29.7 Å². The second-order valence-corrected chi connectivity index (χ2v) is 6.38. The highest BCUT2D eigenvalue weighted by Gasteiger charge is 2.21. The van der Waals surface area contributed by atoms with Crippen LogP contribution in [0.15, 0.2) is 36.4 Å². The number of hydrogen-bond donors (Lipinski definition) is 1. The number of aromatic nitrogens is 2. The molecule has 2 aromatic carbocycles. The molecular weight excluding hydrogens is 330 g/mol. The first kappa shape index (κ1) is 17.8. The van der Waals surface area contributed by atoms with Crippen LogP contribution in [0.3, 0.4) is 0 Å². The van der Waals surface area contributed by atoms with Crippen molar-refractivity contribution in [3.63, 3.8) is 0 Å². The number of nitrogens with two attached hydrogens (primary N) is 1. The highest BCUT2D eigenvalue weighted by atomic mass is 16.5. The zero-order chi connectivity index (χ0) is 18.8. The molecule has 0 radical (unpaired) electrons. The number of fused-ring (bicyclic) bond motifs is 1. The van der Waals surface area contributed by atoms with Crippen LogP contribution in [0.4, 0.5) is 5.69 Å². The van der Waals surface area contributed by atoms with E-state index in [0.717, 1.165) is 16.6 Å². The van der Waals surface area contributed by atoms with Crippen molar-refractivity contribution in [2.45, 2.75) is 20.3 Å². The summed E-state index contributed by atoms with van der Waals surface area (Å²) in [6.07, 6.45) is 0.591. The first-order valence-electron chi connectivity index (χ1n) is 8.44. The Morgan fingerprint density at radius 2 is 1.88 bits per heavy atom. The molecule has 0 saturated carbocycles. The molecule has 1 unspecified atom stereocenters. The summed E-state index contributed by atoms with van der Waals surface area (Å²) in [5, 5.41) is 0. The zero-order valence-electron chi connectivity index (χ0n) is 15.4. The normalized spacial score (nSPS) is 12.2. The summed E-state index contributed by atoms with van der Waals surface area (Å²) in [5.74, 6) is 1.77. The van der Waals surface area contributed by atoms with Gasteiger partial charge in [-0.1, -0.05) is 13.0 Å². The largest absolute Gasteiger partial charge is 0.493 e. The molecule has 6 heteroatoms. The van der Waals surface area contributed by atoms with Gasteiger partial charge in [0.1, 0.15) is 5.82 Å². The summed E-state index contributed by atoms with van der Waals surface area (Å²) >= 11 is 0. The maximum atomic E-state index is 13.0. The van der Waals surface area contributed by atoms with E-state index < -0.39 is 0 Å². The van der Waals surface area contributed by atoms with Crippen LogP contribution in [0.5, 0.6) is 11.5 Å². The van der Waals surface area contributed by atoms with Gasteiger partial charge < -0.3 is 15.2 Å². The lowest BCUT2D eigenvalue weighted by molar-refractivity contribution is 0.0847. The van der Waals surface area contributed by atoms with Gasteiger partial charge in [-0.3, -0.25) is 9.36 Å². The summed E-state index contributed by atoms with van der Waals surface area (Å²) < 4.78 is 12.3. The first-order chi connectivity index (χ1) is 12.4. The number of aryl methyl sites for hydroxylation is 1. The minimum absolute atomic E-state index is 0.00422. The highest BCUT2D eigenvalue weighted by molar-refractivity contribution is 5.93. The van der Waals surface area contributed by atoms with E-state index in [1.807, 2.05) is 38.1 Å². The summed E-state index contributed by atoms with van der Waals surface area (Å²) in [5.41, 5.74) is 8.97. The van der Waals surface area contributed by atoms with Gasteiger partial charge >= 0.3 is 0 Å². The molecule has 1 aromatic heterocycles. The molecule has 0 aliphatic carbocycles. The van der Waals surface area contributed by atoms with Crippen molar-refractivity contribution in [3.8, 4) is 11.5 Å². The Kier molecular flexibility index (Phi) is 4.84. The van der Waals surface area contributed by atoms with Gasteiger partial charge in [0, 0.05) is 11.6 Å². The third-order valence-corrected chi connectivity index (χ3v) is 4.48. The SMILES string of the molecule is COc1ccc(CC(C)C(=O)n2c(C)nc3cc(N)ccc32)cc1OC. The molecule has 0 spiro atoms. The molecule has 1 heterocycles. The molecule has 3 aromatic rings. The molecule has 3 rings (SSSR count). The monoisotopic (exact) mass is 353 g/mol. The van der Waals surface area contributed by atoms with E-state index in [-0.39, 0.29) is 11.8 Å². The van der Waals surface area contributed by atoms with Crippen LogP contribution in [0.1, 0.15) is 23.1 Å². The van der Waals surface area contributed by atoms with Crippen LogP contribution < -0.4 is 15.2 Å². The average Bonchev–Trinajstić information content (AvgIpc) is 2.95. The number of carbonyl (C=O) groups is 1. The Balaban J connectivity index is 1.88. The second kappa shape index (κ2) is 7.07. The molecule has 6 nitrogen and oxygen atoms in total. The Morgan fingerprint density at radius 1 is 1.15 bits per heavy atom. The molecule has 136 valence electrons. The second-order valence-electron chi connectivity index (χ2n) is 6.38. The number of rotatable bonds is 5. The maximum Gasteiger partial charge on any atom is 0.235 e. The number of anilines is 1. The van der Waals surface area contributed by atoms with E-state index in [4.69, 9.17) is 15.2 Å². The van der Waals surface area contributed by atoms with Gasteiger partial charge in [0.15, 0.2) is 11.5 Å². The molecule has 26 heavy (non-hydrogen) atoms. The van der Waals surface area contributed by atoms with Crippen molar-refractivity contribution >= 4 is 22.6 Å². The number of ether oxygens (including phenoxy) is 2. The van der Waals surface area contributed by atoms with E-state index in [1.165, 1.54) is 0 Å². The Bertz CT molecular complexity index is 962. The summed E-state index contributed by atoms with van der Waals surface area (Å²) in [7, 11) is 3.20. The first-order valence-corrected chi connectivity index (χ1v) is 8.44. The predicted octanol–water partition coefficient (Wildman–Crippen LogP) is 3.46. The summed E-state index contributed by atoms with van der Waals surface area (Å²) in [4.78, 5) is 17.5. The van der Waals surface area contributed by atoms with E-state index in [0.29, 0.717) is 29.4 Å². The van der Waals surface area contributed by atoms with Crippen LogP contribution in [0.25, 0.3) is 11.0 Å². The minimum Gasteiger partial charge on any atom is -0.493 e. The number of benzene rings is 2. The van der Waals surface area contributed by atoms with Gasteiger partial charge in [-0.2, -0.15) is 0 Å². The lowest BCUT2D eigenvalue weighted by Crippen LogP contribution is -2.22. The van der Waals surface area contributed by atoms with Gasteiger partial charge in [0.05, 0.1) is 25.3 Å². The standard InChI is InChI=1S/C20H23N3O3/c1-12(9-14-5-8-18(25-3)19(10-14)26-4)20(24)23-13(2)22-16-11-15(21)6-7-17(16)23/h5-8,10-12H,9,21H2,1-4H3. The third kappa shape index (κ3) is 3.22. The third-order valence-electron chi connectivity index (χ3n) is 4.48. The number of methoxy groups -OCH3 is 2. The summed E-state index contributed by atoms with van der Waals surface area (Å²) in [6, 6.07) is 11.1. The number of imidazole rings is 1. The van der Waals surface area contributed by atoms with Crippen molar-refractivity contribution in [2.24, 2.45) is 5.92 Å². The molecule has 2 N–H and O–H groups in total. The van der Waals surface area contributed by atoms with Gasteiger partial charge in [-0.25, -0.2) is 4.98 Å². The van der Waals surface area contributed by atoms with Crippen LogP contribution >= 0.6 is 0 Å². The smallest absolute Gasteiger partial charge is 0.235 e. The zero-order valence-corrected chi connectivity index (χ0v) is 15.4. The molecular formula is C20H23N3O3. The van der Waals surface area contributed by atoms with Gasteiger partial charge in [0.25, 0.3) is 0 Å². The molecule has 0 bridgehead atoms. The molecule has 0 saturated heterocycles. The molecule has 0 aliphatic heterocycles. The average molecular weight is 353 g/mol. The van der Waals surface area contributed by atoms with Crippen LogP contribution in [-0.2, 0) is 6.42 Å². The maximum absolute atomic E-state index is 13.0. The van der Waals surface area contributed by atoms with Crippen molar-refractivity contribution < 1.29 is 14.3 Å². The lowest BCUT2D eigenvalue weighted by Gasteiger charge is -2.15. The van der Waals surface area contributed by atoms with E-state index in [2.05, 4.69) is 4.98 Å². The minimum atomic E-state index is -0.221. The fourth-order valence-corrected chi connectivity index (χ4v) is 3.16. The van der Waals surface area contributed by atoms with Gasteiger partial charge in [0.2, 0.25) is 5.91 Å². The van der Waals surface area contributed by atoms with Crippen molar-refractivity contribution in [1.29, 1.82) is 0 Å². The quantitative estimate of drug-likeness (QED) is 0.711. The van der Waals surface area contributed by atoms with E-state index in [1.54, 1.807) is 30.9 Å².